The molecule has 0 aliphatic carbocycles. The van der Waals surface area contributed by atoms with Gasteiger partial charge < -0.3 is 0 Å². The first-order valence-corrected chi connectivity index (χ1v) is 8.27. The lowest BCUT2D eigenvalue weighted by atomic mass is 10.3. The zero-order valence-electron chi connectivity index (χ0n) is 8.94. The molecule has 0 amide bonds. The van der Waals surface area contributed by atoms with Gasteiger partial charge in [-0.3, -0.25) is 13.7 Å². The fraction of sp³-hybridized carbons (Fsp3) is 1.00. The summed E-state index contributed by atoms with van der Waals surface area (Å²) >= 11 is 0. The molecule has 0 fully saturated rings. The summed E-state index contributed by atoms with van der Waals surface area (Å²) in [6, 6.07) is 0. The van der Waals surface area contributed by atoms with Crippen molar-refractivity contribution in [2.75, 3.05) is 13.2 Å². The Morgan fingerprint density at radius 2 is 1.26 bits per heavy atom. The SMILES string of the molecule is O=S(=O)(O)OCCC(COS(=O)(=O)O)OS(=O)(=O)O. The van der Waals surface area contributed by atoms with E-state index in [1.165, 1.54) is 0 Å². The number of rotatable bonds is 9. The average Bonchev–Trinajstić information content (AvgIpc) is 2.08. The number of hydrogen-bond acceptors (Lipinski definition) is 9. The lowest BCUT2D eigenvalue weighted by molar-refractivity contribution is 0.0938. The summed E-state index contributed by atoms with van der Waals surface area (Å²) in [4.78, 5) is 0. The van der Waals surface area contributed by atoms with Gasteiger partial charge in [-0.25, -0.2) is 12.5 Å². The van der Waals surface area contributed by atoms with Crippen molar-refractivity contribution in [1.29, 1.82) is 0 Å². The summed E-state index contributed by atoms with van der Waals surface area (Å²) in [6.45, 7) is -1.85. The molecule has 0 rings (SSSR count). The molecule has 15 heteroatoms. The molecule has 1 atom stereocenters. The van der Waals surface area contributed by atoms with E-state index in [9.17, 15) is 25.3 Å². The fourth-order valence-electron chi connectivity index (χ4n) is 0.778. The second-order valence-electron chi connectivity index (χ2n) is 2.90. The van der Waals surface area contributed by atoms with Crippen LogP contribution < -0.4 is 0 Å². The summed E-state index contributed by atoms with van der Waals surface area (Å²) in [5.74, 6) is 0. The third-order valence-corrected chi connectivity index (χ3v) is 2.75. The molecule has 0 aromatic carbocycles. The van der Waals surface area contributed by atoms with E-state index >= 15 is 0 Å². The van der Waals surface area contributed by atoms with Gasteiger partial charge >= 0.3 is 31.2 Å². The minimum Gasteiger partial charge on any atom is -0.264 e. The molecule has 0 heterocycles. The van der Waals surface area contributed by atoms with Crippen LogP contribution in [0.3, 0.4) is 0 Å². The zero-order chi connectivity index (χ0) is 15.3. The lowest BCUT2D eigenvalue weighted by Gasteiger charge is -2.13. The van der Waals surface area contributed by atoms with Gasteiger partial charge in [-0.1, -0.05) is 0 Å². The Morgan fingerprint density at radius 1 is 0.789 bits per heavy atom. The maximum atomic E-state index is 10.4. The van der Waals surface area contributed by atoms with E-state index in [1.807, 2.05) is 0 Å². The van der Waals surface area contributed by atoms with Crippen molar-refractivity contribution in [1.82, 2.24) is 0 Å². The molecule has 0 aromatic heterocycles. The van der Waals surface area contributed by atoms with Gasteiger partial charge in [0.2, 0.25) is 0 Å². The normalized spacial score (nSPS) is 15.3. The quantitative estimate of drug-likeness (QED) is 0.397. The highest BCUT2D eigenvalue weighted by molar-refractivity contribution is 7.81. The lowest BCUT2D eigenvalue weighted by Crippen LogP contribution is -2.27. The Kier molecular flexibility index (Phi) is 6.72. The van der Waals surface area contributed by atoms with Crippen LogP contribution in [0, 0.1) is 0 Å². The van der Waals surface area contributed by atoms with Gasteiger partial charge in [0.15, 0.2) is 0 Å². The molecule has 0 saturated heterocycles. The minimum absolute atomic E-state index is 0.602. The van der Waals surface area contributed by atoms with E-state index in [2.05, 4.69) is 12.5 Å². The van der Waals surface area contributed by atoms with Gasteiger partial charge in [-0.05, 0) is 0 Å². The van der Waals surface area contributed by atoms with Crippen molar-refractivity contribution in [2.45, 2.75) is 12.5 Å². The summed E-state index contributed by atoms with van der Waals surface area (Å²) in [5, 5.41) is 0. The number of hydrogen-bond donors (Lipinski definition) is 3. The van der Waals surface area contributed by atoms with Crippen LogP contribution in [0.25, 0.3) is 0 Å². The molecule has 0 aromatic rings. The van der Waals surface area contributed by atoms with E-state index in [0.29, 0.717) is 0 Å². The van der Waals surface area contributed by atoms with Crippen LogP contribution in [-0.4, -0.2) is 58.2 Å². The largest absolute Gasteiger partial charge is 0.397 e. The highest BCUT2D eigenvalue weighted by Gasteiger charge is 2.21. The minimum atomic E-state index is -4.98. The monoisotopic (exact) mass is 346 g/mol. The Bertz CT molecular complexity index is 568. The maximum Gasteiger partial charge on any atom is 0.397 e. The van der Waals surface area contributed by atoms with Crippen LogP contribution in [0.5, 0.6) is 0 Å². The van der Waals surface area contributed by atoms with Crippen LogP contribution in [0.4, 0.5) is 0 Å². The molecule has 0 aliphatic rings. The maximum absolute atomic E-state index is 10.4. The predicted octanol–water partition coefficient (Wildman–Crippen LogP) is -1.80. The van der Waals surface area contributed by atoms with Gasteiger partial charge in [0.05, 0.1) is 13.2 Å². The van der Waals surface area contributed by atoms with Crippen LogP contribution in [0.2, 0.25) is 0 Å². The zero-order valence-corrected chi connectivity index (χ0v) is 11.4. The summed E-state index contributed by atoms with van der Waals surface area (Å²) < 4.78 is 97.9. The average molecular weight is 346 g/mol. The van der Waals surface area contributed by atoms with Crippen LogP contribution >= 0.6 is 0 Å². The van der Waals surface area contributed by atoms with E-state index in [-0.39, 0.29) is 0 Å². The summed E-state index contributed by atoms with van der Waals surface area (Å²) in [7, 11) is -14.7. The van der Waals surface area contributed by atoms with Crippen molar-refractivity contribution >= 4 is 31.2 Å². The standard InChI is InChI=1S/C4H10O12S3/c5-17(6,7)14-2-1-4(16-19(11,12)13)3-15-18(8,9)10/h4H,1-3H2,(H,5,6,7)(H,8,9,10)(H,11,12,13). The molecule has 0 saturated carbocycles. The summed E-state index contributed by atoms with van der Waals surface area (Å²) in [6.07, 6.45) is -2.28. The molecule has 0 spiro atoms. The highest BCUT2D eigenvalue weighted by Crippen LogP contribution is 2.06. The van der Waals surface area contributed by atoms with Crippen LogP contribution in [-0.2, 0) is 43.7 Å². The molecular formula is C4H10O12S3. The topological polar surface area (TPSA) is 191 Å². The molecule has 12 nitrogen and oxygen atoms in total. The Labute approximate surface area is 109 Å². The Morgan fingerprint density at radius 3 is 1.63 bits per heavy atom. The van der Waals surface area contributed by atoms with Crippen LogP contribution in [0.1, 0.15) is 6.42 Å². The highest BCUT2D eigenvalue weighted by atomic mass is 32.3. The predicted molar refractivity (Wildman–Crippen MR) is 56.0 cm³/mol. The smallest absolute Gasteiger partial charge is 0.264 e. The molecule has 116 valence electrons. The second-order valence-corrected chi connectivity index (χ2v) is 6.13. The third-order valence-electron chi connectivity index (χ3n) is 1.33. The fourth-order valence-corrected chi connectivity index (χ4v) is 1.90. The second kappa shape index (κ2) is 6.86. The molecular weight excluding hydrogens is 336 g/mol. The Balaban J connectivity index is 4.51. The van der Waals surface area contributed by atoms with Crippen LogP contribution in [0.15, 0.2) is 0 Å². The molecule has 0 bridgehead atoms. The van der Waals surface area contributed by atoms with Crippen molar-refractivity contribution < 1.29 is 51.5 Å². The van der Waals surface area contributed by atoms with E-state index in [4.69, 9.17) is 13.7 Å². The first-order chi connectivity index (χ1) is 8.29. The molecule has 0 radical (unpaired) electrons. The van der Waals surface area contributed by atoms with Crippen molar-refractivity contribution in [3.05, 3.63) is 0 Å². The van der Waals surface area contributed by atoms with E-state index in [0.717, 1.165) is 0 Å². The van der Waals surface area contributed by atoms with Gasteiger partial charge in [0.1, 0.15) is 6.10 Å². The van der Waals surface area contributed by atoms with E-state index < -0.39 is 56.9 Å². The third kappa shape index (κ3) is 13.8. The first-order valence-electron chi connectivity index (χ1n) is 4.18. The van der Waals surface area contributed by atoms with Gasteiger partial charge in [-0.15, -0.1) is 0 Å². The first kappa shape index (κ1) is 18.6. The molecule has 3 N–H and O–H groups in total. The van der Waals surface area contributed by atoms with Gasteiger partial charge in [0.25, 0.3) is 0 Å². The molecule has 0 aliphatic heterocycles. The summed E-state index contributed by atoms with van der Waals surface area (Å²) in [5.41, 5.74) is 0. The van der Waals surface area contributed by atoms with Crippen molar-refractivity contribution in [3.8, 4) is 0 Å². The molecule has 1 unspecified atom stereocenters. The van der Waals surface area contributed by atoms with Gasteiger partial charge in [-0.2, -0.15) is 25.3 Å². The van der Waals surface area contributed by atoms with Crippen molar-refractivity contribution in [2.24, 2.45) is 0 Å². The van der Waals surface area contributed by atoms with Gasteiger partial charge in [0, 0.05) is 6.42 Å². The van der Waals surface area contributed by atoms with Crippen molar-refractivity contribution in [3.63, 3.8) is 0 Å². The molecule has 19 heavy (non-hydrogen) atoms. The van der Waals surface area contributed by atoms with E-state index in [1.54, 1.807) is 0 Å². The Hall–Kier alpha value is -0.390.